The lowest BCUT2D eigenvalue weighted by Crippen LogP contribution is -2.30. The van der Waals surface area contributed by atoms with Gasteiger partial charge in [0.25, 0.3) is 0 Å². The molecule has 0 aliphatic rings. The standard InChI is InChI=1S/C60H104O6/c1-4-7-10-13-16-19-22-24-26-28-30-32-33-35-38-41-44-47-50-53-59(62)65-56-57(55-64-58(61)52-49-46-43-40-37-21-18-15-12-9-6-3)66-60(63)54-51-48-45-42-39-36-34-31-29-27-25-23-20-17-14-11-8-5-2/h11,14,17,20,23,25,27-31,34,57H,4-10,12-13,15-16,18-19,21-22,24,26,32-33,35-56H2,1-3H3/b14-11-,20-17-,25-23-,29-27-,30-28-,34-31-. The third-order valence-corrected chi connectivity index (χ3v) is 12.0. The van der Waals surface area contributed by atoms with Crippen LogP contribution in [0.4, 0.5) is 0 Å². The third-order valence-electron chi connectivity index (χ3n) is 12.0. The van der Waals surface area contributed by atoms with Gasteiger partial charge in [-0.15, -0.1) is 0 Å². The number of esters is 3. The number of ether oxygens (including phenoxy) is 3. The summed E-state index contributed by atoms with van der Waals surface area (Å²) in [5.41, 5.74) is 0. The maximum absolute atomic E-state index is 12.8. The van der Waals surface area contributed by atoms with E-state index in [0.29, 0.717) is 19.3 Å². The molecule has 0 saturated carbocycles. The lowest BCUT2D eigenvalue weighted by atomic mass is 10.1. The smallest absolute Gasteiger partial charge is 0.306 e. The fraction of sp³-hybridized carbons (Fsp3) is 0.750. The largest absolute Gasteiger partial charge is 0.462 e. The predicted octanol–water partition coefficient (Wildman–Crippen LogP) is 18.6. The van der Waals surface area contributed by atoms with Gasteiger partial charge in [-0.05, 0) is 64.2 Å². The molecule has 0 radical (unpaired) electrons. The van der Waals surface area contributed by atoms with E-state index in [1.54, 1.807) is 0 Å². The molecule has 6 nitrogen and oxygen atoms in total. The Morgan fingerprint density at radius 3 is 0.955 bits per heavy atom. The first-order valence-corrected chi connectivity index (χ1v) is 28.0. The van der Waals surface area contributed by atoms with E-state index >= 15 is 0 Å². The predicted molar refractivity (Wildman–Crippen MR) is 284 cm³/mol. The quantitative estimate of drug-likeness (QED) is 0.0199. The molecule has 0 aliphatic heterocycles. The van der Waals surface area contributed by atoms with Gasteiger partial charge in [-0.2, -0.15) is 0 Å². The summed E-state index contributed by atoms with van der Waals surface area (Å²) in [6.07, 6.45) is 68.8. The van der Waals surface area contributed by atoms with Crippen LogP contribution in [0.3, 0.4) is 0 Å². The molecule has 0 aromatic rings. The summed E-state index contributed by atoms with van der Waals surface area (Å²) in [4.78, 5) is 38.1. The van der Waals surface area contributed by atoms with Crippen LogP contribution in [0, 0.1) is 0 Å². The summed E-state index contributed by atoms with van der Waals surface area (Å²) in [5.74, 6) is -0.909. The second-order valence-corrected chi connectivity index (χ2v) is 18.6. The molecule has 0 aromatic heterocycles. The molecule has 0 fully saturated rings. The van der Waals surface area contributed by atoms with Crippen LogP contribution in [0.25, 0.3) is 0 Å². The van der Waals surface area contributed by atoms with Gasteiger partial charge in [-0.25, -0.2) is 0 Å². The number of unbranched alkanes of at least 4 members (excludes halogenated alkanes) is 31. The minimum atomic E-state index is -0.789. The summed E-state index contributed by atoms with van der Waals surface area (Å²) in [6.45, 7) is 6.53. The first-order chi connectivity index (χ1) is 32.5. The van der Waals surface area contributed by atoms with Crippen LogP contribution in [-0.4, -0.2) is 37.2 Å². The highest BCUT2D eigenvalue weighted by atomic mass is 16.6. The third kappa shape index (κ3) is 51.8. The van der Waals surface area contributed by atoms with E-state index in [1.807, 2.05) is 24.3 Å². The van der Waals surface area contributed by atoms with E-state index in [-0.39, 0.29) is 31.1 Å². The van der Waals surface area contributed by atoms with Crippen molar-refractivity contribution in [2.45, 2.75) is 277 Å². The van der Waals surface area contributed by atoms with Gasteiger partial charge < -0.3 is 14.2 Å². The number of rotatable bonds is 50. The van der Waals surface area contributed by atoms with Crippen molar-refractivity contribution in [2.24, 2.45) is 0 Å². The summed E-state index contributed by atoms with van der Waals surface area (Å²) >= 11 is 0. The Morgan fingerprint density at radius 1 is 0.303 bits per heavy atom. The van der Waals surface area contributed by atoms with E-state index in [9.17, 15) is 14.4 Å². The molecule has 0 aliphatic carbocycles. The highest BCUT2D eigenvalue weighted by Crippen LogP contribution is 2.15. The highest BCUT2D eigenvalue weighted by Gasteiger charge is 2.19. The fourth-order valence-electron chi connectivity index (χ4n) is 7.82. The topological polar surface area (TPSA) is 78.9 Å². The Balaban J connectivity index is 4.39. The van der Waals surface area contributed by atoms with Crippen LogP contribution in [0.5, 0.6) is 0 Å². The number of carbonyl (C=O) groups is 3. The molecule has 6 heteroatoms. The number of allylic oxidation sites excluding steroid dienone is 12. The zero-order valence-corrected chi connectivity index (χ0v) is 43.4. The van der Waals surface area contributed by atoms with Crippen molar-refractivity contribution >= 4 is 17.9 Å². The molecule has 0 aromatic carbocycles. The maximum Gasteiger partial charge on any atom is 0.306 e. The molecular weight excluding hydrogens is 817 g/mol. The zero-order chi connectivity index (χ0) is 47.9. The van der Waals surface area contributed by atoms with Gasteiger partial charge in [0.15, 0.2) is 6.10 Å². The van der Waals surface area contributed by atoms with Crippen molar-refractivity contribution in [3.05, 3.63) is 72.9 Å². The summed E-state index contributed by atoms with van der Waals surface area (Å²) in [7, 11) is 0. The van der Waals surface area contributed by atoms with Crippen LogP contribution >= 0.6 is 0 Å². The first kappa shape index (κ1) is 62.8. The molecule has 1 atom stereocenters. The molecule has 380 valence electrons. The Morgan fingerprint density at radius 2 is 0.591 bits per heavy atom. The normalized spacial score (nSPS) is 12.6. The molecule has 0 saturated heterocycles. The van der Waals surface area contributed by atoms with E-state index in [4.69, 9.17) is 14.2 Å². The molecule has 1 unspecified atom stereocenters. The average Bonchev–Trinajstić information content (AvgIpc) is 3.31. The minimum absolute atomic E-state index is 0.0856. The van der Waals surface area contributed by atoms with Crippen LogP contribution < -0.4 is 0 Å². The van der Waals surface area contributed by atoms with Crippen LogP contribution in [0.2, 0.25) is 0 Å². The van der Waals surface area contributed by atoms with E-state index < -0.39 is 6.10 Å². The molecule has 0 bridgehead atoms. The highest BCUT2D eigenvalue weighted by molar-refractivity contribution is 5.71. The Bertz CT molecular complexity index is 1240. The van der Waals surface area contributed by atoms with Crippen LogP contribution in [0.15, 0.2) is 72.9 Å². The average molecular weight is 921 g/mol. The van der Waals surface area contributed by atoms with Crippen molar-refractivity contribution in [1.82, 2.24) is 0 Å². The van der Waals surface area contributed by atoms with Gasteiger partial charge in [0, 0.05) is 19.3 Å². The van der Waals surface area contributed by atoms with Gasteiger partial charge in [-0.3, -0.25) is 14.4 Å². The fourth-order valence-corrected chi connectivity index (χ4v) is 7.82. The van der Waals surface area contributed by atoms with E-state index in [1.165, 1.54) is 148 Å². The summed E-state index contributed by atoms with van der Waals surface area (Å²) in [6, 6.07) is 0. The molecule has 0 spiro atoms. The lowest BCUT2D eigenvalue weighted by Gasteiger charge is -2.18. The van der Waals surface area contributed by atoms with Gasteiger partial charge in [0.2, 0.25) is 0 Å². The molecule has 0 heterocycles. The SMILES string of the molecule is CCC\C=C/C=C\C=C/C=C\C=C/CCCCCCCC(=O)OC(COC(=O)CCCCCCCCC/C=C\CCCCCCCCCC)COC(=O)CCCCCCCCCCCCC. The van der Waals surface area contributed by atoms with Crippen LogP contribution in [0.1, 0.15) is 271 Å². The van der Waals surface area contributed by atoms with Crippen molar-refractivity contribution in [3.8, 4) is 0 Å². The molecule has 66 heavy (non-hydrogen) atoms. The van der Waals surface area contributed by atoms with Gasteiger partial charge in [0.1, 0.15) is 13.2 Å². The molecular formula is C60H104O6. The van der Waals surface area contributed by atoms with Gasteiger partial charge in [-0.1, -0.05) is 261 Å². The minimum Gasteiger partial charge on any atom is -0.462 e. The zero-order valence-electron chi connectivity index (χ0n) is 43.4. The van der Waals surface area contributed by atoms with Crippen molar-refractivity contribution in [3.63, 3.8) is 0 Å². The molecule has 0 N–H and O–H groups in total. The lowest BCUT2D eigenvalue weighted by molar-refractivity contribution is -0.167. The summed E-state index contributed by atoms with van der Waals surface area (Å²) in [5, 5.41) is 0. The van der Waals surface area contributed by atoms with Crippen LogP contribution in [-0.2, 0) is 28.6 Å². The van der Waals surface area contributed by atoms with E-state index in [2.05, 4.69) is 69.4 Å². The van der Waals surface area contributed by atoms with Gasteiger partial charge in [0.05, 0.1) is 0 Å². The Kier molecular flexibility index (Phi) is 51.9. The van der Waals surface area contributed by atoms with Crippen molar-refractivity contribution < 1.29 is 28.6 Å². The monoisotopic (exact) mass is 921 g/mol. The van der Waals surface area contributed by atoms with Gasteiger partial charge >= 0.3 is 17.9 Å². The first-order valence-electron chi connectivity index (χ1n) is 28.0. The number of carbonyl (C=O) groups excluding carboxylic acids is 3. The molecule has 0 amide bonds. The second-order valence-electron chi connectivity index (χ2n) is 18.6. The Labute approximate surface area is 408 Å². The molecule has 0 rings (SSSR count). The number of hydrogen-bond donors (Lipinski definition) is 0. The maximum atomic E-state index is 12.8. The van der Waals surface area contributed by atoms with Crippen molar-refractivity contribution in [1.29, 1.82) is 0 Å². The van der Waals surface area contributed by atoms with Crippen molar-refractivity contribution in [2.75, 3.05) is 13.2 Å². The summed E-state index contributed by atoms with van der Waals surface area (Å²) < 4.78 is 16.8. The number of hydrogen-bond acceptors (Lipinski definition) is 6. The Hall–Kier alpha value is -3.15. The van der Waals surface area contributed by atoms with E-state index in [0.717, 1.165) is 83.5 Å². The second kappa shape index (κ2) is 54.5.